The summed E-state index contributed by atoms with van der Waals surface area (Å²) >= 11 is 0. The molecule has 9 heteroatoms. The van der Waals surface area contributed by atoms with Crippen molar-refractivity contribution in [2.75, 3.05) is 12.3 Å². The topological polar surface area (TPSA) is 139 Å². The monoisotopic (exact) mass is 267 g/mol. The minimum atomic E-state index is -0.765. The first kappa shape index (κ1) is 12.1. The van der Waals surface area contributed by atoms with Crippen LogP contribution in [-0.2, 0) is 4.74 Å². The molecular formula is C10H13N5O4. The molecule has 2 aromatic heterocycles. The number of hydrogen-bond acceptors (Lipinski definition) is 7. The Labute approximate surface area is 106 Å². The van der Waals surface area contributed by atoms with Gasteiger partial charge in [0.1, 0.15) is 11.5 Å². The van der Waals surface area contributed by atoms with Gasteiger partial charge in [0.05, 0.1) is 12.7 Å². The number of nitrogens with zero attached hydrogens (tertiary/aromatic N) is 3. The molecule has 0 bridgehead atoms. The molecular weight excluding hydrogens is 254 g/mol. The lowest BCUT2D eigenvalue weighted by Gasteiger charge is -2.11. The number of fused-ring (bicyclic) bond motifs is 1. The number of aromatic nitrogens is 4. The Hall–Kier alpha value is -1.97. The van der Waals surface area contributed by atoms with Crippen molar-refractivity contribution in [3.05, 3.63) is 16.6 Å². The summed E-state index contributed by atoms with van der Waals surface area (Å²) < 4.78 is 6.85. The molecule has 1 saturated heterocycles. The quantitative estimate of drug-likeness (QED) is 0.510. The molecule has 0 amide bonds. The Bertz CT molecular complexity index is 665. The highest BCUT2D eigenvalue weighted by atomic mass is 16.5. The first-order valence-corrected chi connectivity index (χ1v) is 5.77. The first-order chi connectivity index (χ1) is 9.08. The van der Waals surface area contributed by atoms with Gasteiger partial charge < -0.3 is 20.7 Å². The van der Waals surface area contributed by atoms with Gasteiger partial charge in [0.25, 0.3) is 5.56 Å². The number of anilines is 1. The highest BCUT2D eigenvalue weighted by molar-refractivity contribution is 5.73. The maximum absolute atomic E-state index is 11.7. The van der Waals surface area contributed by atoms with Gasteiger partial charge in [0, 0.05) is 12.6 Å². The maximum atomic E-state index is 11.7. The number of aromatic amines is 1. The number of nitrogens with one attached hydrogen (secondary N) is 1. The molecule has 3 atom stereocenters. The van der Waals surface area contributed by atoms with Gasteiger partial charge in [-0.25, -0.2) is 4.68 Å². The smallest absolute Gasteiger partial charge is 0.263 e. The third-order valence-corrected chi connectivity index (χ3v) is 3.10. The SMILES string of the molecule is Nc1nc2nn(C3C[C@H](O)[C@@H](CO)O3)cc2c(=O)[nH]1. The minimum absolute atomic E-state index is 0.0108. The van der Waals surface area contributed by atoms with Crippen LogP contribution in [0.25, 0.3) is 11.0 Å². The zero-order valence-electron chi connectivity index (χ0n) is 9.85. The molecule has 102 valence electrons. The standard InChI is InChI=1S/C10H13N5O4/c11-10-12-8-4(9(18)13-10)2-15(14-8)7-1-5(17)6(3-16)19-7/h2,5-7,16-17H,1,3H2,(H3,11,12,13,14,18)/t5-,6+,7?/m0/s1. The third kappa shape index (κ3) is 1.97. The van der Waals surface area contributed by atoms with E-state index in [1.54, 1.807) is 0 Å². The van der Waals surface area contributed by atoms with E-state index in [0.29, 0.717) is 5.39 Å². The predicted molar refractivity (Wildman–Crippen MR) is 64.2 cm³/mol. The minimum Gasteiger partial charge on any atom is -0.394 e. The number of hydrogen-bond donors (Lipinski definition) is 4. The van der Waals surface area contributed by atoms with Crippen LogP contribution in [0.15, 0.2) is 11.0 Å². The fourth-order valence-electron chi connectivity index (χ4n) is 2.14. The van der Waals surface area contributed by atoms with Gasteiger partial charge in [-0.2, -0.15) is 4.98 Å². The Morgan fingerprint density at radius 1 is 1.63 bits per heavy atom. The fraction of sp³-hybridized carbons (Fsp3) is 0.500. The van der Waals surface area contributed by atoms with E-state index in [4.69, 9.17) is 15.6 Å². The summed E-state index contributed by atoms with van der Waals surface area (Å²) in [5, 5.41) is 23.1. The van der Waals surface area contributed by atoms with Crippen molar-refractivity contribution in [2.24, 2.45) is 0 Å². The van der Waals surface area contributed by atoms with E-state index >= 15 is 0 Å². The van der Waals surface area contributed by atoms with Crippen molar-refractivity contribution in [3.8, 4) is 0 Å². The van der Waals surface area contributed by atoms with Gasteiger partial charge in [0.2, 0.25) is 5.95 Å². The van der Waals surface area contributed by atoms with Crippen LogP contribution in [0.3, 0.4) is 0 Å². The van der Waals surface area contributed by atoms with Gasteiger partial charge in [-0.3, -0.25) is 9.78 Å². The average Bonchev–Trinajstić information content (AvgIpc) is 2.92. The van der Waals surface area contributed by atoms with Crippen LogP contribution in [0, 0.1) is 0 Å². The maximum Gasteiger partial charge on any atom is 0.263 e. The molecule has 0 spiro atoms. The zero-order chi connectivity index (χ0) is 13.6. The number of nitrogens with two attached hydrogens (primary N) is 1. The number of rotatable bonds is 2. The van der Waals surface area contributed by atoms with Crippen LogP contribution >= 0.6 is 0 Å². The van der Waals surface area contributed by atoms with Crippen molar-refractivity contribution in [3.63, 3.8) is 0 Å². The molecule has 3 rings (SSSR count). The van der Waals surface area contributed by atoms with E-state index in [1.165, 1.54) is 10.9 Å². The summed E-state index contributed by atoms with van der Waals surface area (Å²) in [5.41, 5.74) is 5.26. The molecule has 1 fully saturated rings. The molecule has 1 aliphatic rings. The van der Waals surface area contributed by atoms with Crippen molar-refractivity contribution in [1.82, 2.24) is 19.7 Å². The molecule has 19 heavy (non-hydrogen) atoms. The highest BCUT2D eigenvalue weighted by Crippen LogP contribution is 2.28. The first-order valence-electron chi connectivity index (χ1n) is 5.77. The Kier molecular flexibility index (Phi) is 2.73. The number of aliphatic hydroxyl groups excluding tert-OH is 2. The van der Waals surface area contributed by atoms with Gasteiger partial charge in [-0.15, -0.1) is 5.10 Å². The molecule has 9 nitrogen and oxygen atoms in total. The largest absolute Gasteiger partial charge is 0.394 e. The van der Waals surface area contributed by atoms with E-state index in [9.17, 15) is 9.90 Å². The molecule has 0 aliphatic carbocycles. The third-order valence-electron chi connectivity index (χ3n) is 3.10. The lowest BCUT2D eigenvalue weighted by molar-refractivity contribution is -0.0482. The second-order valence-electron chi connectivity index (χ2n) is 4.41. The average molecular weight is 267 g/mol. The summed E-state index contributed by atoms with van der Waals surface area (Å²) in [6, 6.07) is 0. The highest BCUT2D eigenvalue weighted by Gasteiger charge is 2.35. The van der Waals surface area contributed by atoms with Crippen molar-refractivity contribution in [2.45, 2.75) is 24.9 Å². The van der Waals surface area contributed by atoms with Gasteiger partial charge in [0.15, 0.2) is 11.9 Å². The second kappa shape index (κ2) is 4.30. The molecule has 5 N–H and O–H groups in total. The lowest BCUT2D eigenvalue weighted by Crippen LogP contribution is -2.24. The van der Waals surface area contributed by atoms with Gasteiger partial charge >= 0.3 is 0 Å². The molecule has 0 aromatic carbocycles. The summed E-state index contributed by atoms with van der Waals surface area (Å²) in [6.07, 6.45) is -0.182. The molecule has 1 aliphatic heterocycles. The number of aliphatic hydroxyl groups is 2. The van der Waals surface area contributed by atoms with Gasteiger partial charge in [-0.05, 0) is 0 Å². The molecule has 3 heterocycles. The molecule has 2 aromatic rings. The van der Waals surface area contributed by atoms with Crippen LogP contribution in [0.5, 0.6) is 0 Å². The molecule has 0 saturated carbocycles. The number of nitrogen functional groups attached to an aromatic ring is 1. The van der Waals surface area contributed by atoms with Crippen molar-refractivity contribution in [1.29, 1.82) is 0 Å². The molecule has 0 radical (unpaired) electrons. The van der Waals surface area contributed by atoms with Crippen LogP contribution < -0.4 is 11.3 Å². The zero-order valence-corrected chi connectivity index (χ0v) is 9.85. The van der Waals surface area contributed by atoms with Gasteiger partial charge in [-0.1, -0.05) is 0 Å². The van der Waals surface area contributed by atoms with Crippen LogP contribution in [0.4, 0.5) is 5.95 Å². The van der Waals surface area contributed by atoms with Crippen molar-refractivity contribution >= 4 is 17.0 Å². The summed E-state index contributed by atoms with van der Waals surface area (Å²) in [7, 11) is 0. The van der Waals surface area contributed by atoms with E-state index in [2.05, 4.69) is 15.1 Å². The summed E-state index contributed by atoms with van der Waals surface area (Å²) in [4.78, 5) is 17.9. The van der Waals surface area contributed by atoms with Crippen LogP contribution in [-0.4, -0.2) is 48.8 Å². The Morgan fingerprint density at radius 2 is 2.42 bits per heavy atom. The van der Waals surface area contributed by atoms with Crippen LogP contribution in [0.2, 0.25) is 0 Å². The normalized spacial score (nSPS) is 27.2. The summed E-state index contributed by atoms with van der Waals surface area (Å²) in [5.74, 6) is -0.0108. The van der Waals surface area contributed by atoms with E-state index in [1.807, 2.05) is 0 Å². The summed E-state index contributed by atoms with van der Waals surface area (Å²) in [6.45, 7) is -0.274. The fourth-order valence-corrected chi connectivity index (χ4v) is 2.14. The number of ether oxygens (including phenoxy) is 1. The van der Waals surface area contributed by atoms with Crippen molar-refractivity contribution < 1.29 is 14.9 Å². The Morgan fingerprint density at radius 3 is 3.11 bits per heavy atom. The van der Waals surface area contributed by atoms with E-state index in [0.717, 1.165) is 0 Å². The van der Waals surface area contributed by atoms with Crippen LogP contribution in [0.1, 0.15) is 12.6 Å². The lowest BCUT2D eigenvalue weighted by atomic mass is 10.2. The molecule has 1 unspecified atom stereocenters. The number of H-pyrrole nitrogens is 1. The van der Waals surface area contributed by atoms with E-state index in [-0.39, 0.29) is 30.2 Å². The van der Waals surface area contributed by atoms with E-state index < -0.39 is 18.4 Å². The Balaban J connectivity index is 1.99. The predicted octanol–water partition coefficient (Wildman–Crippen LogP) is -1.66. The second-order valence-corrected chi connectivity index (χ2v) is 4.41.